The molecular weight excluding hydrogens is 198 g/mol. The molecule has 0 amide bonds. The summed E-state index contributed by atoms with van der Waals surface area (Å²) < 4.78 is 28.5. The summed E-state index contributed by atoms with van der Waals surface area (Å²) in [7, 11) is 0. The van der Waals surface area contributed by atoms with Crippen LogP contribution in [0.3, 0.4) is 0 Å². The summed E-state index contributed by atoms with van der Waals surface area (Å²) in [6.45, 7) is 0.813. The Kier molecular flexibility index (Phi) is 2.71. The second kappa shape index (κ2) is 4.01. The van der Waals surface area contributed by atoms with Crippen molar-refractivity contribution in [1.82, 2.24) is 0 Å². The van der Waals surface area contributed by atoms with Crippen molar-refractivity contribution in [2.24, 2.45) is 0 Å². The molecule has 2 rings (SSSR count). The maximum absolute atomic E-state index is 12.1. The molecule has 1 nitrogen and oxygen atoms in total. The number of halogens is 2. The molecular formula is C12H12F2O. The molecule has 0 aromatic heterocycles. The molecule has 0 unspecified atom stereocenters. The Balaban J connectivity index is 2.26. The van der Waals surface area contributed by atoms with Crippen molar-refractivity contribution in [3.8, 4) is 5.75 Å². The van der Waals surface area contributed by atoms with Gasteiger partial charge in [0.15, 0.2) is 0 Å². The zero-order valence-corrected chi connectivity index (χ0v) is 8.25. The quantitative estimate of drug-likeness (QED) is 0.734. The second-order valence-electron chi connectivity index (χ2n) is 3.65. The summed E-state index contributed by atoms with van der Waals surface area (Å²) in [6.07, 6.45) is 3.92. The lowest BCUT2D eigenvalue weighted by Crippen LogP contribution is -2.03. The Labute approximate surface area is 87.4 Å². The van der Waals surface area contributed by atoms with E-state index in [1.54, 1.807) is 12.1 Å². The average Bonchev–Trinajstić information content (AvgIpc) is 3.01. The molecule has 1 aromatic rings. The molecule has 80 valence electrons. The van der Waals surface area contributed by atoms with Gasteiger partial charge in [-0.1, -0.05) is 18.7 Å². The summed E-state index contributed by atoms with van der Waals surface area (Å²) >= 11 is 0. The van der Waals surface area contributed by atoms with Crippen molar-refractivity contribution in [2.75, 3.05) is 0 Å². The summed E-state index contributed by atoms with van der Waals surface area (Å²) in [5.74, 6) is 0.800. The molecule has 1 aliphatic carbocycles. The predicted octanol–water partition coefficient (Wildman–Crippen LogP) is 3.81. The molecule has 1 aromatic carbocycles. The van der Waals surface area contributed by atoms with Gasteiger partial charge in [0, 0.05) is 5.56 Å². The summed E-state index contributed by atoms with van der Waals surface area (Å²) in [6, 6.07) is 5.32. The van der Waals surface area contributed by atoms with E-state index in [2.05, 4.69) is 11.3 Å². The molecule has 0 N–H and O–H groups in total. The number of benzene rings is 1. The third-order valence-electron chi connectivity index (χ3n) is 2.52. The number of ether oxygens (including phenoxy) is 1. The van der Waals surface area contributed by atoms with Gasteiger partial charge in [-0.05, 0) is 36.5 Å². The van der Waals surface area contributed by atoms with Crippen LogP contribution in [0.25, 0.3) is 6.08 Å². The van der Waals surface area contributed by atoms with Gasteiger partial charge in [0.05, 0.1) is 0 Å². The summed E-state index contributed by atoms with van der Waals surface area (Å²) in [5.41, 5.74) is 1.83. The van der Waals surface area contributed by atoms with Crippen molar-refractivity contribution in [2.45, 2.75) is 25.4 Å². The molecule has 0 bridgehead atoms. The van der Waals surface area contributed by atoms with Gasteiger partial charge in [0.2, 0.25) is 0 Å². The minimum absolute atomic E-state index is 0.199. The third kappa shape index (κ3) is 2.35. The molecule has 0 aliphatic heterocycles. The summed E-state index contributed by atoms with van der Waals surface area (Å²) in [5, 5.41) is 0. The molecule has 1 aliphatic rings. The van der Waals surface area contributed by atoms with E-state index >= 15 is 0 Å². The van der Waals surface area contributed by atoms with E-state index in [4.69, 9.17) is 0 Å². The van der Waals surface area contributed by atoms with Crippen LogP contribution in [0.15, 0.2) is 24.8 Å². The van der Waals surface area contributed by atoms with Gasteiger partial charge in [-0.2, -0.15) is 8.78 Å². The first-order valence-corrected chi connectivity index (χ1v) is 4.92. The first-order valence-electron chi connectivity index (χ1n) is 4.92. The molecule has 15 heavy (non-hydrogen) atoms. The van der Waals surface area contributed by atoms with Crippen LogP contribution in [-0.4, -0.2) is 6.61 Å². The highest BCUT2D eigenvalue weighted by Gasteiger charge is 2.24. The lowest BCUT2D eigenvalue weighted by molar-refractivity contribution is -0.0499. The summed E-state index contributed by atoms with van der Waals surface area (Å²) in [4.78, 5) is 0. The first-order chi connectivity index (χ1) is 7.20. The highest BCUT2D eigenvalue weighted by molar-refractivity contribution is 5.57. The fraction of sp³-hybridized carbons (Fsp3) is 0.333. The van der Waals surface area contributed by atoms with Crippen LogP contribution < -0.4 is 4.74 Å². The zero-order chi connectivity index (χ0) is 10.8. The SMILES string of the molecule is C=Cc1cc(C2CC2)ccc1OC(F)F. The fourth-order valence-corrected chi connectivity index (χ4v) is 1.60. The topological polar surface area (TPSA) is 9.23 Å². The molecule has 0 radical (unpaired) electrons. The molecule has 1 fully saturated rings. The smallest absolute Gasteiger partial charge is 0.387 e. The van der Waals surface area contributed by atoms with Gasteiger partial charge >= 0.3 is 6.61 Å². The van der Waals surface area contributed by atoms with Crippen molar-refractivity contribution in [3.05, 3.63) is 35.9 Å². The minimum Gasteiger partial charge on any atom is -0.434 e. The number of hydrogen-bond acceptors (Lipinski definition) is 1. The number of alkyl halides is 2. The minimum atomic E-state index is -2.78. The zero-order valence-electron chi connectivity index (χ0n) is 8.25. The van der Waals surface area contributed by atoms with Crippen LogP contribution in [0.1, 0.15) is 29.9 Å². The van der Waals surface area contributed by atoms with Gasteiger partial charge in [-0.25, -0.2) is 0 Å². The number of rotatable bonds is 4. The van der Waals surface area contributed by atoms with E-state index in [-0.39, 0.29) is 5.75 Å². The van der Waals surface area contributed by atoms with E-state index in [1.807, 2.05) is 12.1 Å². The van der Waals surface area contributed by atoms with Crippen molar-refractivity contribution in [1.29, 1.82) is 0 Å². The van der Waals surface area contributed by atoms with Crippen molar-refractivity contribution >= 4 is 6.08 Å². The van der Waals surface area contributed by atoms with Crippen molar-refractivity contribution < 1.29 is 13.5 Å². The van der Waals surface area contributed by atoms with E-state index in [1.165, 1.54) is 18.4 Å². The van der Waals surface area contributed by atoms with E-state index < -0.39 is 6.61 Å². The maximum atomic E-state index is 12.1. The van der Waals surface area contributed by atoms with E-state index in [0.29, 0.717) is 11.5 Å². The molecule has 0 spiro atoms. The van der Waals surface area contributed by atoms with Gasteiger partial charge in [-0.15, -0.1) is 0 Å². The van der Waals surface area contributed by atoms with Gasteiger partial charge < -0.3 is 4.74 Å². The first kappa shape index (κ1) is 10.1. The van der Waals surface area contributed by atoms with Crippen LogP contribution in [0.5, 0.6) is 5.75 Å². The Morgan fingerprint density at radius 2 is 2.13 bits per heavy atom. The highest BCUT2D eigenvalue weighted by atomic mass is 19.3. The highest BCUT2D eigenvalue weighted by Crippen LogP contribution is 2.41. The third-order valence-corrected chi connectivity index (χ3v) is 2.52. The monoisotopic (exact) mass is 210 g/mol. The van der Waals surface area contributed by atoms with Crippen LogP contribution in [0, 0.1) is 0 Å². The van der Waals surface area contributed by atoms with Crippen LogP contribution in [0.4, 0.5) is 8.78 Å². The molecule has 0 saturated heterocycles. The largest absolute Gasteiger partial charge is 0.434 e. The lowest BCUT2D eigenvalue weighted by Gasteiger charge is -2.09. The van der Waals surface area contributed by atoms with Crippen molar-refractivity contribution in [3.63, 3.8) is 0 Å². The fourth-order valence-electron chi connectivity index (χ4n) is 1.60. The van der Waals surface area contributed by atoms with E-state index in [9.17, 15) is 8.78 Å². The Morgan fingerprint density at radius 3 is 2.67 bits per heavy atom. The Hall–Kier alpha value is -1.38. The predicted molar refractivity (Wildman–Crippen MR) is 55.1 cm³/mol. The van der Waals surface area contributed by atoms with E-state index in [0.717, 1.165) is 0 Å². The van der Waals surface area contributed by atoms with Crippen LogP contribution in [0.2, 0.25) is 0 Å². The Morgan fingerprint density at radius 1 is 1.40 bits per heavy atom. The normalized spacial score (nSPS) is 15.4. The van der Waals surface area contributed by atoms with Crippen LogP contribution >= 0.6 is 0 Å². The van der Waals surface area contributed by atoms with Gasteiger partial charge in [-0.3, -0.25) is 0 Å². The molecule has 0 heterocycles. The maximum Gasteiger partial charge on any atom is 0.387 e. The average molecular weight is 210 g/mol. The second-order valence-corrected chi connectivity index (χ2v) is 3.65. The lowest BCUT2D eigenvalue weighted by atomic mass is 10.1. The molecule has 1 saturated carbocycles. The standard InChI is InChI=1S/C12H12F2O/c1-2-8-7-10(9-3-4-9)5-6-11(8)15-12(13)14/h2,5-7,9,12H,1,3-4H2. The van der Waals surface area contributed by atoms with Crippen LogP contribution in [-0.2, 0) is 0 Å². The van der Waals surface area contributed by atoms with Gasteiger partial charge in [0.25, 0.3) is 0 Å². The molecule has 0 atom stereocenters. The molecule has 3 heteroatoms. The number of hydrogen-bond donors (Lipinski definition) is 0. The Bertz CT molecular complexity index is 370. The van der Waals surface area contributed by atoms with Gasteiger partial charge in [0.1, 0.15) is 5.75 Å².